The molecule has 5 heteroatoms. The van der Waals surface area contributed by atoms with E-state index in [4.69, 9.17) is 22.7 Å². The summed E-state index contributed by atoms with van der Waals surface area (Å²) < 4.78 is 0. The molecule has 0 aliphatic rings. The van der Waals surface area contributed by atoms with Gasteiger partial charge in [-0.3, -0.25) is 5.41 Å². The van der Waals surface area contributed by atoms with Crippen LogP contribution in [0.3, 0.4) is 0 Å². The normalized spacial score (nSPS) is 12.2. The van der Waals surface area contributed by atoms with Crippen molar-refractivity contribution in [3.63, 3.8) is 0 Å². The Hall–Kier alpha value is -0.870. The minimum Gasteiger partial charge on any atom is -0.384 e. The van der Waals surface area contributed by atoms with Crippen LogP contribution in [0.4, 0.5) is 5.69 Å². The van der Waals surface area contributed by atoms with Gasteiger partial charge >= 0.3 is 0 Å². The Morgan fingerprint density at radius 3 is 2.76 bits per heavy atom. The van der Waals surface area contributed by atoms with Gasteiger partial charge in [0.1, 0.15) is 5.84 Å². The molecule has 0 aliphatic carbocycles. The molecule has 17 heavy (non-hydrogen) atoms. The Kier molecular flexibility index (Phi) is 5.15. The van der Waals surface area contributed by atoms with Crippen LogP contribution in [0.25, 0.3) is 0 Å². The number of thioether (sulfide) groups is 1. The summed E-state index contributed by atoms with van der Waals surface area (Å²) in [5.41, 5.74) is 7.22. The van der Waals surface area contributed by atoms with Gasteiger partial charge in [-0.15, -0.1) is 0 Å². The molecule has 1 aromatic carbocycles. The summed E-state index contributed by atoms with van der Waals surface area (Å²) >= 11 is 7.73. The molecule has 1 unspecified atom stereocenters. The van der Waals surface area contributed by atoms with E-state index in [-0.39, 0.29) is 5.84 Å². The number of benzene rings is 1. The number of anilines is 1. The van der Waals surface area contributed by atoms with E-state index in [9.17, 15) is 0 Å². The molecule has 94 valence electrons. The average molecular weight is 272 g/mol. The summed E-state index contributed by atoms with van der Waals surface area (Å²) in [4.78, 5) is 2.13. The van der Waals surface area contributed by atoms with Crippen molar-refractivity contribution in [2.75, 3.05) is 24.0 Å². The lowest BCUT2D eigenvalue weighted by Gasteiger charge is -2.28. The predicted molar refractivity (Wildman–Crippen MR) is 78.7 cm³/mol. The number of hydrogen-bond donors (Lipinski definition) is 2. The van der Waals surface area contributed by atoms with Crippen LogP contribution < -0.4 is 10.6 Å². The third-order valence-corrected chi connectivity index (χ3v) is 3.75. The van der Waals surface area contributed by atoms with Crippen molar-refractivity contribution in [2.45, 2.75) is 13.0 Å². The van der Waals surface area contributed by atoms with Crippen molar-refractivity contribution < 1.29 is 0 Å². The molecule has 0 saturated heterocycles. The molecule has 0 amide bonds. The highest BCUT2D eigenvalue weighted by Crippen LogP contribution is 2.25. The number of nitrogen functional groups attached to an aromatic ring is 1. The van der Waals surface area contributed by atoms with Gasteiger partial charge in [-0.05, 0) is 31.4 Å². The first-order valence-corrected chi connectivity index (χ1v) is 7.10. The Balaban J connectivity index is 3.08. The summed E-state index contributed by atoms with van der Waals surface area (Å²) in [5.74, 6) is 1.07. The van der Waals surface area contributed by atoms with Crippen molar-refractivity contribution in [1.82, 2.24) is 0 Å². The molecule has 0 heterocycles. The molecule has 1 aromatic rings. The zero-order chi connectivity index (χ0) is 13.0. The van der Waals surface area contributed by atoms with Crippen LogP contribution in [0.15, 0.2) is 18.2 Å². The predicted octanol–water partition coefficient (Wildman–Crippen LogP) is 2.81. The maximum absolute atomic E-state index is 7.60. The van der Waals surface area contributed by atoms with Crippen LogP contribution >= 0.6 is 23.4 Å². The van der Waals surface area contributed by atoms with Gasteiger partial charge in [-0.25, -0.2) is 0 Å². The molecule has 0 bridgehead atoms. The van der Waals surface area contributed by atoms with Crippen molar-refractivity contribution in [2.24, 2.45) is 5.73 Å². The summed E-state index contributed by atoms with van der Waals surface area (Å²) in [7, 11) is 2.01. The lowest BCUT2D eigenvalue weighted by Crippen LogP contribution is -2.32. The zero-order valence-corrected chi connectivity index (χ0v) is 11.9. The summed E-state index contributed by atoms with van der Waals surface area (Å²) in [6.07, 6.45) is 2.08. The highest BCUT2D eigenvalue weighted by molar-refractivity contribution is 7.98. The fourth-order valence-electron chi connectivity index (χ4n) is 1.62. The molecule has 3 N–H and O–H groups in total. The number of hydrogen-bond acceptors (Lipinski definition) is 3. The van der Waals surface area contributed by atoms with E-state index in [0.29, 0.717) is 16.6 Å². The topological polar surface area (TPSA) is 53.1 Å². The zero-order valence-electron chi connectivity index (χ0n) is 10.3. The monoisotopic (exact) mass is 271 g/mol. The van der Waals surface area contributed by atoms with Gasteiger partial charge < -0.3 is 10.6 Å². The summed E-state index contributed by atoms with van der Waals surface area (Å²) in [6.45, 7) is 2.15. The molecule has 0 spiro atoms. The molecule has 1 rings (SSSR count). The van der Waals surface area contributed by atoms with Gasteiger partial charge in [0.25, 0.3) is 0 Å². The number of nitrogens with zero attached hydrogens (tertiary/aromatic N) is 1. The number of rotatable bonds is 5. The van der Waals surface area contributed by atoms with Crippen molar-refractivity contribution in [3.05, 3.63) is 28.8 Å². The van der Waals surface area contributed by atoms with Gasteiger partial charge in [-0.1, -0.05) is 11.6 Å². The smallest absolute Gasteiger partial charge is 0.124 e. The molecule has 1 atom stereocenters. The molecule has 0 fully saturated rings. The number of nitrogens with two attached hydrogens (primary N) is 1. The minimum atomic E-state index is 0.0469. The van der Waals surface area contributed by atoms with Crippen LogP contribution in [0, 0.1) is 5.41 Å². The summed E-state index contributed by atoms with van der Waals surface area (Å²) in [5, 5.41) is 8.20. The van der Waals surface area contributed by atoms with E-state index in [1.807, 2.05) is 19.2 Å². The molecule has 3 nitrogen and oxygen atoms in total. The quantitative estimate of drug-likeness (QED) is 0.640. The molecule has 0 radical (unpaired) electrons. The molecule has 0 aromatic heterocycles. The van der Waals surface area contributed by atoms with Crippen LogP contribution in [-0.4, -0.2) is 30.9 Å². The lowest BCUT2D eigenvalue weighted by molar-refractivity contribution is 0.765. The van der Waals surface area contributed by atoms with Gasteiger partial charge in [0.05, 0.1) is 0 Å². The first-order valence-electron chi connectivity index (χ1n) is 5.33. The second kappa shape index (κ2) is 6.17. The van der Waals surface area contributed by atoms with Gasteiger partial charge in [0.2, 0.25) is 0 Å². The van der Waals surface area contributed by atoms with Gasteiger partial charge in [-0.2, -0.15) is 11.8 Å². The Bertz CT molecular complexity index is 409. The Morgan fingerprint density at radius 2 is 2.24 bits per heavy atom. The fraction of sp³-hybridized carbons (Fsp3) is 0.417. The van der Waals surface area contributed by atoms with E-state index in [2.05, 4.69) is 18.1 Å². The largest absolute Gasteiger partial charge is 0.384 e. The van der Waals surface area contributed by atoms with Crippen molar-refractivity contribution in [3.8, 4) is 0 Å². The maximum atomic E-state index is 7.60. The number of halogens is 1. The SMILES string of the molecule is CSCC(C)N(C)c1ccc(Cl)cc1C(=N)N. The summed E-state index contributed by atoms with van der Waals surface area (Å²) in [6, 6.07) is 5.85. The van der Waals surface area contributed by atoms with E-state index < -0.39 is 0 Å². The van der Waals surface area contributed by atoms with E-state index in [1.54, 1.807) is 17.8 Å². The second-order valence-electron chi connectivity index (χ2n) is 3.99. The van der Waals surface area contributed by atoms with Crippen LogP contribution in [0.5, 0.6) is 0 Å². The van der Waals surface area contributed by atoms with Crippen LogP contribution in [-0.2, 0) is 0 Å². The third kappa shape index (κ3) is 3.54. The standard InChI is InChI=1S/C12H18ClN3S/c1-8(7-17-3)16(2)11-5-4-9(13)6-10(11)12(14)15/h4-6,8H,7H2,1-3H3,(H3,14,15). The molecule has 0 saturated carbocycles. The maximum Gasteiger partial charge on any atom is 0.124 e. The van der Waals surface area contributed by atoms with Gasteiger partial charge in [0.15, 0.2) is 0 Å². The van der Waals surface area contributed by atoms with Crippen LogP contribution in [0.1, 0.15) is 12.5 Å². The average Bonchev–Trinajstić information content (AvgIpc) is 2.28. The van der Waals surface area contributed by atoms with Crippen molar-refractivity contribution >= 4 is 34.9 Å². The Morgan fingerprint density at radius 1 is 1.59 bits per heavy atom. The second-order valence-corrected chi connectivity index (χ2v) is 5.34. The third-order valence-electron chi connectivity index (χ3n) is 2.70. The number of nitrogens with one attached hydrogen (secondary N) is 1. The fourth-order valence-corrected chi connectivity index (χ4v) is 2.50. The van der Waals surface area contributed by atoms with E-state index >= 15 is 0 Å². The Labute approximate surface area is 112 Å². The molecule has 0 aliphatic heterocycles. The van der Waals surface area contributed by atoms with Gasteiger partial charge in [0, 0.05) is 35.1 Å². The first-order chi connectivity index (χ1) is 7.97. The van der Waals surface area contributed by atoms with E-state index in [0.717, 1.165) is 11.4 Å². The van der Waals surface area contributed by atoms with E-state index in [1.165, 1.54) is 0 Å². The highest BCUT2D eigenvalue weighted by Gasteiger charge is 2.15. The van der Waals surface area contributed by atoms with Crippen molar-refractivity contribution in [1.29, 1.82) is 5.41 Å². The minimum absolute atomic E-state index is 0.0469. The highest BCUT2D eigenvalue weighted by atomic mass is 35.5. The lowest BCUT2D eigenvalue weighted by atomic mass is 10.1. The van der Waals surface area contributed by atoms with Crippen LogP contribution in [0.2, 0.25) is 5.02 Å². The molecular weight excluding hydrogens is 254 g/mol. The first kappa shape index (κ1) is 14.2. The number of amidine groups is 1. The molecular formula is C12H18ClN3S.